The first-order valence-electron chi connectivity index (χ1n) is 9.98. The molecule has 1 aliphatic heterocycles. The Morgan fingerprint density at radius 3 is 2.28 bits per heavy atom. The number of hydrogen-bond acceptors (Lipinski definition) is 4. The Morgan fingerprint density at radius 1 is 1.17 bits per heavy atom. The van der Waals surface area contributed by atoms with E-state index < -0.39 is 27.8 Å². The van der Waals surface area contributed by atoms with E-state index in [4.69, 9.17) is 0 Å². The molecule has 1 unspecified atom stereocenters. The maximum absolute atomic E-state index is 13.1. The second-order valence-corrected chi connectivity index (χ2v) is 9.61. The van der Waals surface area contributed by atoms with Crippen LogP contribution in [0.25, 0.3) is 0 Å². The van der Waals surface area contributed by atoms with Gasteiger partial charge < -0.3 is 10.2 Å². The lowest BCUT2D eigenvalue weighted by atomic mass is 9.99. The molecular weight excluding hydrogens is 397 g/mol. The Kier molecular flexibility index (Phi) is 8.15. The molecular formula is C20H30FN3O4S. The van der Waals surface area contributed by atoms with E-state index in [9.17, 15) is 22.4 Å². The number of benzene rings is 1. The zero-order valence-corrected chi connectivity index (χ0v) is 18.0. The van der Waals surface area contributed by atoms with Crippen LogP contribution in [0.3, 0.4) is 0 Å². The largest absolute Gasteiger partial charge is 0.341 e. The van der Waals surface area contributed by atoms with Crippen molar-refractivity contribution < 1.29 is 22.4 Å². The molecule has 7 nitrogen and oxygen atoms in total. The van der Waals surface area contributed by atoms with E-state index in [2.05, 4.69) is 10.0 Å². The number of piperidine rings is 1. The molecule has 9 heteroatoms. The molecule has 29 heavy (non-hydrogen) atoms. The molecule has 1 heterocycles. The number of rotatable bonds is 8. The Balaban J connectivity index is 1.96. The van der Waals surface area contributed by atoms with Gasteiger partial charge in [-0.1, -0.05) is 20.8 Å². The van der Waals surface area contributed by atoms with Crippen molar-refractivity contribution in [1.29, 1.82) is 0 Å². The van der Waals surface area contributed by atoms with E-state index >= 15 is 0 Å². The molecule has 1 saturated heterocycles. The summed E-state index contributed by atoms with van der Waals surface area (Å²) in [6.07, 6.45) is 1.62. The van der Waals surface area contributed by atoms with Crippen LogP contribution in [-0.4, -0.2) is 56.1 Å². The summed E-state index contributed by atoms with van der Waals surface area (Å²) in [6.45, 7) is 6.35. The zero-order chi connectivity index (χ0) is 21.6. The second-order valence-electron chi connectivity index (χ2n) is 7.74. The number of carbonyl (C=O) groups excluding carboxylic acids is 2. The molecule has 0 saturated carbocycles. The van der Waals surface area contributed by atoms with E-state index in [1.54, 1.807) is 4.90 Å². The van der Waals surface area contributed by atoms with Crippen molar-refractivity contribution in [3.63, 3.8) is 0 Å². The minimum atomic E-state index is -3.29. The first-order chi connectivity index (χ1) is 13.6. The lowest BCUT2D eigenvalue weighted by molar-refractivity contribution is -0.135. The average Bonchev–Trinajstić information content (AvgIpc) is 2.66. The third kappa shape index (κ3) is 6.78. The molecule has 2 N–H and O–H groups in total. The highest BCUT2D eigenvalue weighted by atomic mass is 32.2. The predicted octanol–water partition coefficient (Wildman–Crippen LogP) is 1.90. The third-order valence-corrected chi connectivity index (χ3v) is 6.59. The molecule has 2 amide bonds. The van der Waals surface area contributed by atoms with Crippen molar-refractivity contribution in [2.45, 2.75) is 52.1 Å². The highest BCUT2D eigenvalue weighted by Crippen LogP contribution is 2.16. The fourth-order valence-electron chi connectivity index (χ4n) is 3.34. The van der Waals surface area contributed by atoms with Crippen LogP contribution in [0.1, 0.15) is 50.4 Å². The normalized spacial score (nSPS) is 16.7. The van der Waals surface area contributed by atoms with Crippen LogP contribution < -0.4 is 10.0 Å². The van der Waals surface area contributed by atoms with Crippen molar-refractivity contribution in [3.8, 4) is 0 Å². The van der Waals surface area contributed by atoms with Crippen LogP contribution in [0.5, 0.6) is 0 Å². The van der Waals surface area contributed by atoms with Gasteiger partial charge in [-0.3, -0.25) is 9.59 Å². The predicted molar refractivity (Wildman–Crippen MR) is 109 cm³/mol. The van der Waals surface area contributed by atoms with E-state index in [0.29, 0.717) is 32.4 Å². The van der Waals surface area contributed by atoms with Gasteiger partial charge in [0.1, 0.15) is 11.9 Å². The minimum absolute atomic E-state index is 0.0942. The summed E-state index contributed by atoms with van der Waals surface area (Å²) < 4.78 is 39.6. The Labute approximate surface area is 172 Å². The molecule has 1 aromatic carbocycles. The topological polar surface area (TPSA) is 95.6 Å². The first kappa shape index (κ1) is 23.3. The molecule has 0 aromatic heterocycles. The average molecular weight is 428 g/mol. The van der Waals surface area contributed by atoms with Crippen molar-refractivity contribution in [3.05, 3.63) is 35.6 Å². The lowest BCUT2D eigenvalue weighted by Gasteiger charge is -2.35. The summed E-state index contributed by atoms with van der Waals surface area (Å²) in [5, 5.41) is 2.75. The van der Waals surface area contributed by atoms with Crippen LogP contribution in [-0.2, 0) is 14.8 Å². The van der Waals surface area contributed by atoms with Crippen molar-refractivity contribution in [2.24, 2.45) is 5.92 Å². The number of nitrogens with one attached hydrogen (secondary N) is 2. The fraction of sp³-hybridized carbons (Fsp3) is 0.600. The van der Waals surface area contributed by atoms with Crippen LogP contribution >= 0.6 is 0 Å². The minimum Gasteiger partial charge on any atom is -0.341 e. The standard InChI is InChI=1S/C20H30FN3O4S/c1-4-13-29(27,28)23-17-9-11-24(12-10-17)20(26)18(14(2)3)22-19(25)15-5-7-16(21)8-6-15/h5-8,14,17-18,23H,4,9-13H2,1-3H3,(H,22,25). The number of halogens is 1. The van der Waals surface area contributed by atoms with Gasteiger partial charge in [0.2, 0.25) is 15.9 Å². The number of sulfonamides is 1. The SMILES string of the molecule is CCCS(=O)(=O)NC1CCN(C(=O)C(NC(=O)c2ccc(F)cc2)C(C)C)CC1. The number of nitrogens with zero attached hydrogens (tertiary/aromatic N) is 1. The van der Waals surface area contributed by atoms with Gasteiger partial charge in [-0.15, -0.1) is 0 Å². The monoisotopic (exact) mass is 427 g/mol. The summed E-state index contributed by atoms with van der Waals surface area (Å²) >= 11 is 0. The van der Waals surface area contributed by atoms with Crippen molar-refractivity contribution in [1.82, 2.24) is 14.9 Å². The van der Waals surface area contributed by atoms with Crippen molar-refractivity contribution >= 4 is 21.8 Å². The van der Waals surface area contributed by atoms with Gasteiger partial charge in [0, 0.05) is 24.7 Å². The summed E-state index contributed by atoms with van der Waals surface area (Å²) in [5.74, 6) is -1.09. The second kappa shape index (κ2) is 10.2. The van der Waals surface area contributed by atoms with E-state index in [1.165, 1.54) is 24.3 Å². The number of carbonyl (C=O) groups is 2. The van der Waals surface area contributed by atoms with Gasteiger partial charge in [0.15, 0.2) is 0 Å². The molecule has 1 fully saturated rings. The number of amides is 2. The maximum atomic E-state index is 13.1. The van der Waals surface area contributed by atoms with Gasteiger partial charge in [-0.25, -0.2) is 17.5 Å². The molecule has 1 aromatic rings. The number of likely N-dealkylation sites (tertiary alicyclic amines) is 1. The summed E-state index contributed by atoms with van der Waals surface area (Å²) in [4.78, 5) is 27.1. The quantitative estimate of drug-likeness (QED) is 0.662. The van der Waals surface area contributed by atoms with Gasteiger partial charge in [-0.05, 0) is 49.4 Å². The molecule has 0 radical (unpaired) electrons. The van der Waals surface area contributed by atoms with Crippen LogP contribution in [0.4, 0.5) is 4.39 Å². The molecule has 0 spiro atoms. The van der Waals surface area contributed by atoms with Gasteiger partial charge in [-0.2, -0.15) is 0 Å². The zero-order valence-electron chi connectivity index (χ0n) is 17.2. The van der Waals surface area contributed by atoms with Crippen molar-refractivity contribution in [2.75, 3.05) is 18.8 Å². The smallest absolute Gasteiger partial charge is 0.251 e. The van der Waals surface area contributed by atoms with Gasteiger partial charge >= 0.3 is 0 Å². The molecule has 2 rings (SSSR count). The molecule has 0 bridgehead atoms. The van der Waals surface area contributed by atoms with Crippen LogP contribution in [0, 0.1) is 11.7 Å². The first-order valence-corrected chi connectivity index (χ1v) is 11.6. The number of hydrogen-bond donors (Lipinski definition) is 2. The van der Waals surface area contributed by atoms with E-state index in [-0.39, 0.29) is 29.2 Å². The Bertz CT molecular complexity index is 804. The molecule has 1 atom stereocenters. The maximum Gasteiger partial charge on any atom is 0.251 e. The summed E-state index contributed by atoms with van der Waals surface area (Å²) in [5.41, 5.74) is 0.286. The van der Waals surface area contributed by atoms with Crippen LogP contribution in [0.2, 0.25) is 0 Å². The third-order valence-electron chi connectivity index (χ3n) is 4.95. The highest BCUT2D eigenvalue weighted by molar-refractivity contribution is 7.89. The summed E-state index contributed by atoms with van der Waals surface area (Å²) in [7, 11) is -3.29. The van der Waals surface area contributed by atoms with Crippen LogP contribution in [0.15, 0.2) is 24.3 Å². The van der Waals surface area contributed by atoms with Gasteiger partial charge in [0.05, 0.1) is 5.75 Å². The summed E-state index contributed by atoms with van der Waals surface area (Å²) in [6, 6.07) is 4.26. The highest BCUT2D eigenvalue weighted by Gasteiger charge is 2.32. The molecule has 0 aliphatic carbocycles. The molecule has 1 aliphatic rings. The molecule has 162 valence electrons. The van der Waals surface area contributed by atoms with E-state index in [0.717, 1.165) is 0 Å². The van der Waals surface area contributed by atoms with Gasteiger partial charge in [0.25, 0.3) is 5.91 Å². The van der Waals surface area contributed by atoms with E-state index in [1.807, 2.05) is 20.8 Å². The fourth-order valence-corrected chi connectivity index (χ4v) is 4.73. The lowest BCUT2D eigenvalue weighted by Crippen LogP contribution is -2.54. The Hall–Kier alpha value is -2.00. The Morgan fingerprint density at radius 2 is 1.76 bits per heavy atom.